The summed E-state index contributed by atoms with van der Waals surface area (Å²) in [5.74, 6) is -0.201. The van der Waals surface area contributed by atoms with E-state index in [2.05, 4.69) is 16.0 Å². The number of amides is 3. The van der Waals surface area contributed by atoms with Gasteiger partial charge in [-0.15, -0.1) is 0 Å². The molecule has 0 atom stereocenters. The first-order chi connectivity index (χ1) is 13.4. The van der Waals surface area contributed by atoms with Gasteiger partial charge in [-0.2, -0.15) is 0 Å². The van der Waals surface area contributed by atoms with E-state index in [9.17, 15) is 9.59 Å². The lowest BCUT2D eigenvalue weighted by Crippen LogP contribution is -2.24. The Labute approximate surface area is 168 Å². The van der Waals surface area contributed by atoms with Crippen molar-refractivity contribution in [3.8, 4) is 5.69 Å². The fourth-order valence-electron chi connectivity index (χ4n) is 3.03. The van der Waals surface area contributed by atoms with Crippen molar-refractivity contribution in [3.05, 3.63) is 76.6 Å². The summed E-state index contributed by atoms with van der Waals surface area (Å²) in [5.41, 5.74) is 4.54. The van der Waals surface area contributed by atoms with Crippen LogP contribution in [0.4, 0.5) is 16.2 Å². The van der Waals surface area contributed by atoms with Crippen molar-refractivity contribution in [1.29, 1.82) is 0 Å². The molecule has 7 heteroatoms. The van der Waals surface area contributed by atoms with Crippen molar-refractivity contribution in [1.82, 2.24) is 9.88 Å². The van der Waals surface area contributed by atoms with Gasteiger partial charge in [0.05, 0.1) is 5.56 Å². The molecule has 0 saturated heterocycles. The normalized spacial score (nSPS) is 10.4. The topological polar surface area (TPSA) is 75.2 Å². The third-order valence-electron chi connectivity index (χ3n) is 4.37. The molecule has 0 fully saturated rings. The number of hydrogen-bond donors (Lipinski definition) is 3. The summed E-state index contributed by atoms with van der Waals surface area (Å²) in [6, 6.07) is 16.0. The van der Waals surface area contributed by atoms with Gasteiger partial charge in [0.15, 0.2) is 0 Å². The van der Waals surface area contributed by atoms with Gasteiger partial charge in [0, 0.05) is 40.5 Å². The molecule has 3 N–H and O–H groups in total. The minimum absolute atomic E-state index is 0.201. The molecule has 1 aromatic heterocycles. The van der Waals surface area contributed by atoms with E-state index in [0.717, 1.165) is 17.1 Å². The molecule has 3 rings (SSSR count). The van der Waals surface area contributed by atoms with Crippen LogP contribution in [0.15, 0.2) is 54.6 Å². The van der Waals surface area contributed by atoms with Crippen LogP contribution in [0.2, 0.25) is 5.02 Å². The van der Waals surface area contributed by atoms with Crippen LogP contribution in [0.3, 0.4) is 0 Å². The Morgan fingerprint density at radius 3 is 2.18 bits per heavy atom. The maximum atomic E-state index is 12.8. The van der Waals surface area contributed by atoms with Gasteiger partial charge < -0.3 is 20.5 Å². The molecule has 0 spiro atoms. The Bertz CT molecular complexity index is 1030. The Morgan fingerprint density at radius 2 is 1.57 bits per heavy atom. The fourth-order valence-corrected chi connectivity index (χ4v) is 3.22. The van der Waals surface area contributed by atoms with Crippen LogP contribution in [0.25, 0.3) is 5.69 Å². The molecule has 3 amide bonds. The van der Waals surface area contributed by atoms with Crippen LogP contribution in [-0.2, 0) is 0 Å². The van der Waals surface area contributed by atoms with E-state index in [4.69, 9.17) is 11.6 Å². The first kappa shape index (κ1) is 19.5. The van der Waals surface area contributed by atoms with Gasteiger partial charge in [-0.05, 0) is 62.4 Å². The predicted octanol–water partition coefficient (Wildman–Crippen LogP) is 4.75. The minimum Gasteiger partial charge on any atom is -0.341 e. The lowest BCUT2D eigenvalue weighted by atomic mass is 10.2. The zero-order valence-corrected chi connectivity index (χ0v) is 16.6. The number of hydrogen-bond acceptors (Lipinski definition) is 2. The molecule has 144 valence electrons. The monoisotopic (exact) mass is 396 g/mol. The van der Waals surface area contributed by atoms with Crippen molar-refractivity contribution < 1.29 is 9.59 Å². The van der Waals surface area contributed by atoms with Crippen molar-refractivity contribution in [2.24, 2.45) is 0 Å². The standard InChI is InChI=1S/C21H21ClN4O2/c1-13-11-19(14(2)26(13)18-6-4-5-15(22)12-18)20(27)24-16-7-9-17(10-8-16)25-21(28)23-3/h4-12H,1-3H3,(H,24,27)(H2,23,25,28). The average molecular weight is 397 g/mol. The number of aromatic nitrogens is 1. The molecule has 0 radical (unpaired) electrons. The quantitative estimate of drug-likeness (QED) is 0.595. The molecule has 0 aliphatic rings. The number of urea groups is 1. The highest BCUT2D eigenvalue weighted by atomic mass is 35.5. The number of carbonyl (C=O) groups excluding carboxylic acids is 2. The molecule has 0 saturated carbocycles. The summed E-state index contributed by atoms with van der Waals surface area (Å²) in [6.45, 7) is 3.85. The third-order valence-corrected chi connectivity index (χ3v) is 4.60. The van der Waals surface area contributed by atoms with Gasteiger partial charge in [0.1, 0.15) is 0 Å². The molecule has 0 unspecified atom stereocenters. The SMILES string of the molecule is CNC(=O)Nc1ccc(NC(=O)c2cc(C)n(-c3cccc(Cl)c3)c2C)cc1. The molecule has 3 aromatic rings. The van der Waals surface area contributed by atoms with E-state index in [1.807, 2.05) is 48.7 Å². The van der Waals surface area contributed by atoms with E-state index in [1.54, 1.807) is 31.3 Å². The number of halogens is 1. The van der Waals surface area contributed by atoms with E-state index < -0.39 is 0 Å². The molecule has 28 heavy (non-hydrogen) atoms. The molecule has 0 aliphatic heterocycles. The molecular formula is C21H21ClN4O2. The highest BCUT2D eigenvalue weighted by Gasteiger charge is 2.17. The Balaban J connectivity index is 1.80. The maximum Gasteiger partial charge on any atom is 0.318 e. The summed E-state index contributed by atoms with van der Waals surface area (Å²) < 4.78 is 2.00. The number of anilines is 2. The summed E-state index contributed by atoms with van der Waals surface area (Å²) >= 11 is 6.11. The van der Waals surface area contributed by atoms with Gasteiger partial charge in [-0.25, -0.2) is 4.79 Å². The molecular weight excluding hydrogens is 376 g/mol. The third kappa shape index (κ3) is 4.18. The molecule has 2 aromatic carbocycles. The van der Waals surface area contributed by atoms with E-state index in [0.29, 0.717) is 22.0 Å². The van der Waals surface area contributed by atoms with Gasteiger partial charge >= 0.3 is 6.03 Å². The lowest BCUT2D eigenvalue weighted by Gasteiger charge is -2.11. The van der Waals surface area contributed by atoms with Crippen molar-refractivity contribution >= 4 is 34.9 Å². The van der Waals surface area contributed by atoms with E-state index >= 15 is 0 Å². The Morgan fingerprint density at radius 1 is 0.929 bits per heavy atom. The number of nitrogens with zero attached hydrogens (tertiary/aromatic N) is 1. The smallest absolute Gasteiger partial charge is 0.318 e. The van der Waals surface area contributed by atoms with Crippen LogP contribution in [0.1, 0.15) is 21.7 Å². The Kier molecular flexibility index (Phi) is 5.70. The zero-order valence-electron chi connectivity index (χ0n) is 15.8. The van der Waals surface area contributed by atoms with Crippen LogP contribution >= 0.6 is 11.6 Å². The average Bonchev–Trinajstić information content (AvgIpc) is 2.97. The Hall–Kier alpha value is -3.25. The number of rotatable bonds is 4. The van der Waals surface area contributed by atoms with Gasteiger partial charge in [-0.3, -0.25) is 4.79 Å². The summed E-state index contributed by atoms with van der Waals surface area (Å²) in [7, 11) is 1.55. The van der Waals surface area contributed by atoms with Crippen LogP contribution in [0.5, 0.6) is 0 Å². The van der Waals surface area contributed by atoms with Crippen molar-refractivity contribution in [3.63, 3.8) is 0 Å². The maximum absolute atomic E-state index is 12.8. The second-order valence-corrected chi connectivity index (χ2v) is 6.77. The van der Waals surface area contributed by atoms with E-state index in [1.165, 1.54) is 0 Å². The number of benzene rings is 2. The van der Waals surface area contributed by atoms with Crippen LogP contribution < -0.4 is 16.0 Å². The molecule has 1 heterocycles. The van der Waals surface area contributed by atoms with Crippen molar-refractivity contribution in [2.75, 3.05) is 17.7 Å². The number of nitrogens with one attached hydrogen (secondary N) is 3. The van der Waals surface area contributed by atoms with Gasteiger partial charge in [-0.1, -0.05) is 17.7 Å². The van der Waals surface area contributed by atoms with Gasteiger partial charge in [0.25, 0.3) is 5.91 Å². The second kappa shape index (κ2) is 8.19. The highest BCUT2D eigenvalue weighted by Crippen LogP contribution is 2.24. The van der Waals surface area contributed by atoms with Crippen LogP contribution in [0, 0.1) is 13.8 Å². The summed E-state index contributed by atoms with van der Waals surface area (Å²) in [4.78, 5) is 24.1. The predicted molar refractivity (Wildman–Crippen MR) is 113 cm³/mol. The fraction of sp³-hybridized carbons (Fsp3) is 0.143. The molecule has 6 nitrogen and oxygen atoms in total. The zero-order chi connectivity index (χ0) is 20.3. The van der Waals surface area contributed by atoms with Crippen LogP contribution in [-0.4, -0.2) is 23.6 Å². The highest BCUT2D eigenvalue weighted by molar-refractivity contribution is 6.30. The summed E-state index contributed by atoms with van der Waals surface area (Å²) in [6.07, 6.45) is 0. The van der Waals surface area contributed by atoms with Gasteiger partial charge in [0.2, 0.25) is 0 Å². The van der Waals surface area contributed by atoms with E-state index in [-0.39, 0.29) is 11.9 Å². The minimum atomic E-state index is -0.301. The second-order valence-electron chi connectivity index (χ2n) is 6.34. The first-order valence-electron chi connectivity index (χ1n) is 8.74. The van der Waals surface area contributed by atoms with Crippen molar-refractivity contribution in [2.45, 2.75) is 13.8 Å². The lowest BCUT2D eigenvalue weighted by molar-refractivity contribution is 0.102. The molecule has 0 bridgehead atoms. The first-order valence-corrected chi connectivity index (χ1v) is 9.12. The largest absolute Gasteiger partial charge is 0.341 e. The summed E-state index contributed by atoms with van der Waals surface area (Å²) in [5, 5.41) is 8.68. The molecule has 0 aliphatic carbocycles. The number of carbonyl (C=O) groups is 2. The number of aryl methyl sites for hydroxylation is 1.